The molecule has 3 heterocycles. The normalized spacial score (nSPS) is 11.7. The molecule has 0 spiro atoms. The molecule has 0 fully saturated rings. The van der Waals surface area contributed by atoms with E-state index in [1.165, 1.54) is 12.3 Å². The second-order valence-electron chi connectivity index (χ2n) is 7.84. The van der Waals surface area contributed by atoms with Crippen molar-refractivity contribution in [3.8, 4) is 11.3 Å². The zero-order valence-corrected chi connectivity index (χ0v) is 19.7. The van der Waals surface area contributed by atoms with E-state index in [1.54, 1.807) is 47.3 Å². The summed E-state index contributed by atoms with van der Waals surface area (Å²) in [6, 6.07) is 15.5. The van der Waals surface area contributed by atoms with E-state index in [9.17, 15) is 18.0 Å². The molecule has 5 rings (SSSR count). The van der Waals surface area contributed by atoms with Gasteiger partial charge >= 0.3 is 6.18 Å². The Morgan fingerprint density at radius 2 is 1.64 bits per heavy atom. The van der Waals surface area contributed by atoms with Crippen LogP contribution < -0.4 is 5.32 Å². The van der Waals surface area contributed by atoms with Crippen molar-refractivity contribution in [1.82, 2.24) is 24.4 Å². The predicted molar refractivity (Wildman–Crippen MR) is 129 cm³/mol. The van der Waals surface area contributed by atoms with Crippen LogP contribution >= 0.6 is 23.2 Å². The number of fused-ring (bicyclic) bond motifs is 1. The van der Waals surface area contributed by atoms with Gasteiger partial charge in [0.05, 0.1) is 24.1 Å². The lowest BCUT2D eigenvalue weighted by Crippen LogP contribution is -2.15. The van der Waals surface area contributed by atoms with Gasteiger partial charge in [0, 0.05) is 27.9 Å². The largest absolute Gasteiger partial charge is 0.433 e. The average molecular weight is 531 g/mol. The number of benzene rings is 2. The lowest BCUT2D eigenvalue weighted by Gasteiger charge is -2.11. The number of aromatic nitrogens is 5. The fourth-order valence-electron chi connectivity index (χ4n) is 3.54. The highest BCUT2D eigenvalue weighted by atomic mass is 35.5. The lowest BCUT2D eigenvalue weighted by atomic mass is 10.1. The Labute approximate surface area is 212 Å². The predicted octanol–water partition coefficient (Wildman–Crippen LogP) is 6.22. The highest BCUT2D eigenvalue weighted by Crippen LogP contribution is 2.32. The third-order valence-electron chi connectivity index (χ3n) is 5.24. The summed E-state index contributed by atoms with van der Waals surface area (Å²) in [6.07, 6.45) is -1.70. The summed E-state index contributed by atoms with van der Waals surface area (Å²) in [5.74, 6) is -0.701. The number of halogens is 5. The molecular weight excluding hydrogens is 516 g/mol. The minimum absolute atomic E-state index is 0.0711. The minimum atomic E-state index is -4.73. The summed E-state index contributed by atoms with van der Waals surface area (Å²) in [5, 5.41) is 11.7. The molecule has 2 aromatic carbocycles. The number of anilines is 1. The van der Waals surface area contributed by atoms with Crippen LogP contribution in [-0.4, -0.2) is 30.3 Å². The van der Waals surface area contributed by atoms with Crippen LogP contribution in [0.15, 0.2) is 73.1 Å². The molecule has 0 unspecified atom stereocenters. The zero-order chi connectivity index (χ0) is 25.4. The van der Waals surface area contributed by atoms with E-state index in [2.05, 4.69) is 20.5 Å². The highest BCUT2D eigenvalue weighted by molar-refractivity contribution is 6.30. The molecular formula is C24H15Cl2F3N6O. The second-order valence-corrected chi connectivity index (χ2v) is 8.71. The van der Waals surface area contributed by atoms with E-state index in [0.717, 1.165) is 11.6 Å². The SMILES string of the molecule is O=C(Nc1cnn(Cc2ccc(Cl)cc2)c1)c1cc2nc(-c3ccc(Cl)cc3)cc(C(F)(F)F)n2n1. The molecule has 0 bridgehead atoms. The molecule has 1 N–H and O–H groups in total. The van der Waals surface area contributed by atoms with Crippen molar-refractivity contribution in [3.63, 3.8) is 0 Å². The third-order valence-corrected chi connectivity index (χ3v) is 5.74. The monoisotopic (exact) mass is 530 g/mol. The van der Waals surface area contributed by atoms with E-state index in [1.807, 2.05) is 12.1 Å². The maximum absolute atomic E-state index is 13.8. The summed E-state index contributed by atoms with van der Waals surface area (Å²) in [6.45, 7) is 0.438. The summed E-state index contributed by atoms with van der Waals surface area (Å²) in [7, 11) is 0. The molecule has 0 saturated carbocycles. The Hall–Kier alpha value is -3.89. The van der Waals surface area contributed by atoms with E-state index in [0.29, 0.717) is 32.4 Å². The van der Waals surface area contributed by atoms with Gasteiger partial charge in [-0.1, -0.05) is 47.5 Å². The molecule has 36 heavy (non-hydrogen) atoms. The molecule has 0 saturated heterocycles. The first kappa shape index (κ1) is 23.8. The van der Waals surface area contributed by atoms with E-state index in [-0.39, 0.29) is 17.0 Å². The number of carbonyl (C=O) groups is 1. The Morgan fingerprint density at radius 3 is 2.31 bits per heavy atom. The number of amides is 1. The van der Waals surface area contributed by atoms with E-state index < -0.39 is 17.8 Å². The number of carbonyl (C=O) groups excluding carboxylic acids is 1. The van der Waals surface area contributed by atoms with Crippen LogP contribution in [0.4, 0.5) is 18.9 Å². The number of nitrogens with zero attached hydrogens (tertiary/aromatic N) is 5. The standard InChI is InChI=1S/C24H15Cl2F3N6O/c25-16-5-1-14(2-6-16)12-34-13-18(11-30-34)31-23(36)20-10-22-32-19(15-3-7-17(26)8-4-15)9-21(24(27,28)29)35(22)33-20/h1-11,13H,12H2,(H,31,36). The van der Waals surface area contributed by atoms with Crippen LogP contribution in [0.3, 0.4) is 0 Å². The van der Waals surface area contributed by atoms with Crippen LogP contribution in [0.2, 0.25) is 10.0 Å². The van der Waals surface area contributed by atoms with Gasteiger partial charge in [0.15, 0.2) is 17.0 Å². The molecule has 0 aliphatic carbocycles. The molecule has 0 atom stereocenters. The van der Waals surface area contributed by atoms with Crippen molar-refractivity contribution < 1.29 is 18.0 Å². The molecule has 0 radical (unpaired) electrons. The van der Waals surface area contributed by atoms with Crippen molar-refractivity contribution in [2.75, 3.05) is 5.32 Å². The summed E-state index contributed by atoms with van der Waals surface area (Å²) < 4.78 is 43.6. The fraction of sp³-hybridized carbons (Fsp3) is 0.0833. The van der Waals surface area contributed by atoms with Crippen LogP contribution in [0, 0.1) is 0 Å². The molecule has 0 aliphatic heterocycles. The van der Waals surface area contributed by atoms with Crippen molar-refractivity contribution >= 4 is 40.4 Å². The van der Waals surface area contributed by atoms with Crippen LogP contribution in [0.25, 0.3) is 16.9 Å². The van der Waals surface area contributed by atoms with Gasteiger partial charge in [-0.05, 0) is 35.9 Å². The average Bonchev–Trinajstić information content (AvgIpc) is 3.46. The van der Waals surface area contributed by atoms with Gasteiger partial charge in [0.25, 0.3) is 5.91 Å². The van der Waals surface area contributed by atoms with Gasteiger partial charge in [-0.3, -0.25) is 9.48 Å². The van der Waals surface area contributed by atoms with Gasteiger partial charge in [-0.25, -0.2) is 9.50 Å². The summed E-state index contributed by atoms with van der Waals surface area (Å²) >= 11 is 11.8. The van der Waals surface area contributed by atoms with E-state index >= 15 is 0 Å². The molecule has 12 heteroatoms. The number of hydrogen-bond acceptors (Lipinski definition) is 4. The van der Waals surface area contributed by atoms with Crippen molar-refractivity contribution in [2.45, 2.75) is 12.7 Å². The molecule has 182 valence electrons. The first-order chi connectivity index (χ1) is 17.2. The molecule has 0 aliphatic rings. The number of hydrogen-bond donors (Lipinski definition) is 1. The van der Waals surface area contributed by atoms with Gasteiger partial charge in [0.2, 0.25) is 0 Å². The maximum atomic E-state index is 13.8. The highest BCUT2D eigenvalue weighted by Gasteiger charge is 2.35. The Bertz CT molecular complexity index is 1560. The molecule has 7 nitrogen and oxygen atoms in total. The van der Waals surface area contributed by atoms with Crippen LogP contribution in [-0.2, 0) is 12.7 Å². The first-order valence-corrected chi connectivity index (χ1v) is 11.2. The first-order valence-electron chi connectivity index (χ1n) is 10.5. The van der Waals surface area contributed by atoms with Crippen molar-refractivity contribution in [2.24, 2.45) is 0 Å². The fourth-order valence-corrected chi connectivity index (χ4v) is 3.79. The van der Waals surface area contributed by atoms with Gasteiger partial charge in [-0.15, -0.1) is 0 Å². The van der Waals surface area contributed by atoms with Gasteiger partial charge in [-0.2, -0.15) is 23.4 Å². The Morgan fingerprint density at radius 1 is 0.972 bits per heavy atom. The molecule has 5 aromatic rings. The van der Waals surface area contributed by atoms with Gasteiger partial charge < -0.3 is 5.32 Å². The Kier molecular flexibility index (Phi) is 6.15. The number of alkyl halides is 3. The molecule has 3 aromatic heterocycles. The van der Waals surface area contributed by atoms with Crippen LogP contribution in [0.5, 0.6) is 0 Å². The summed E-state index contributed by atoms with van der Waals surface area (Å²) in [5.41, 5.74) is 0.395. The molecule has 1 amide bonds. The third kappa shape index (κ3) is 5.05. The number of rotatable bonds is 5. The zero-order valence-electron chi connectivity index (χ0n) is 18.2. The van der Waals surface area contributed by atoms with Gasteiger partial charge in [0.1, 0.15) is 0 Å². The topological polar surface area (TPSA) is 77.1 Å². The van der Waals surface area contributed by atoms with Crippen molar-refractivity contribution in [1.29, 1.82) is 0 Å². The number of nitrogens with one attached hydrogen (secondary N) is 1. The smallest absolute Gasteiger partial charge is 0.318 e. The van der Waals surface area contributed by atoms with Crippen molar-refractivity contribution in [3.05, 3.63) is 100 Å². The lowest BCUT2D eigenvalue weighted by molar-refractivity contribution is -0.142. The minimum Gasteiger partial charge on any atom is -0.318 e. The van der Waals surface area contributed by atoms with Crippen LogP contribution in [0.1, 0.15) is 21.7 Å². The summed E-state index contributed by atoms with van der Waals surface area (Å²) in [4.78, 5) is 17.0. The Balaban J connectivity index is 1.42. The van der Waals surface area contributed by atoms with E-state index in [4.69, 9.17) is 23.2 Å². The maximum Gasteiger partial charge on any atom is 0.433 e. The second kappa shape index (κ2) is 9.29. The quantitative estimate of drug-likeness (QED) is 0.292.